The fourth-order valence-electron chi connectivity index (χ4n) is 1.28. The first-order valence-corrected chi connectivity index (χ1v) is 9.54. The average molecular weight is 337 g/mol. The molecule has 0 saturated heterocycles. The van der Waals surface area contributed by atoms with Crippen LogP contribution in [0.5, 0.6) is 0 Å². The van der Waals surface area contributed by atoms with Gasteiger partial charge in [-0.2, -0.15) is 0 Å². The minimum absolute atomic E-state index is 0.0660. The van der Waals surface area contributed by atoms with Gasteiger partial charge >= 0.3 is 12.1 Å². The van der Waals surface area contributed by atoms with Gasteiger partial charge in [0.15, 0.2) is 0 Å². The van der Waals surface area contributed by atoms with E-state index in [1.54, 1.807) is 6.92 Å². The monoisotopic (exact) mass is 337 g/mol. The van der Waals surface area contributed by atoms with Crippen molar-refractivity contribution in [1.29, 1.82) is 0 Å². The number of hydrogen-bond donors (Lipinski definition) is 2. The Morgan fingerprint density at radius 3 is 2.41 bits per heavy atom. The van der Waals surface area contributed by atoms with Crippen molar-refractivity contribution in [3.05, 3.63) is 12.2 Å². The number of alkyl carbamates (subject to hydrolysis) is 1. The van der Waals surface area contributed by atoms with E-state index >= 15 is 0 Å². The fourth-order valence-corrected chi connectivity index (χ4v) is 2.10. The van der Waals surface area contributed by atoms with Crippen molar-refractivity contribution in [3.8, 4) is 0 Å². The summed E-state index contributed by atoms with van der Waals surface area (Å²) in [6.45, 7) is 6.21. The van der Waals surface area contributed by atoms with E-state index in [1.807, 2.05) is 12.5 Å². The maximum Gasteiger partial charge on any atom is 0.407 e. The molecule has 0 aliphatic heterocycles. The van der Waals surface area contributed by atoms with Crippen LogP contribution >= 0.6 is 10.3 Å². The van der Waals surface area contributed by atoms with E-state index in [9.17, 15) is 14.1 Å². The van der Waals surface area contributed by atoms with Crippen molar-refractivity contribution in [2.45, 2.75) is 13.3 Å². The number of ether oxygens (including phenoxy) is 3. The van der Waals surface area contributed by atoms with E-state index in [2.05, 4.69) is 11.9 Å². The number of amides is 1. The molecule has 0 bridgehead atoms. The number of esters is 1. The van der Waals surface area contributed by atoms with E-state index in [1.165, 1.54) is 0 Å². The van der Waals surface area contributed by atoms with Crippen LogP contribution in [0.1, 0.15) is 13.3 Å². The van der Waals surface area contributed by atoms with Crippen molar-refractivity contribution in [2.24, 2.45) is 0 Å². The summed E-state index contributed by atoms with van der Waals surface area (Å²) in [6.07, 6.45) is 3.84. The molecule has 0 aromatic rings. The molecule has 0 heterocycles. The zero-order valence-corrected chi connectivity index (χ0v) is 14.4. The molecule has 8 heteroatoms. The van der Waals surface area contributed by atoms with Crippen molar-refractivity contribution >= 4 is 22.4 Å². The lowest BCUT2D eigenvalue weighted by atomic mass is 10.4. The number of nitrogens with one attached hydrogen (secondary N) is 1. The number of carbonyl (C=O) groups excluding carboxylic acids is 2. The Balaban J connectivity index is 3.40. The SMILES string of the molecule is C=C(C)C(=O)OCCNC(=O)OCCOCCCS(C)(C)O. The maximum absolute atomic E-state index is 11.3. The predicted octanol–water partition coefficient (Wildman–Crippen LogP) is 1.78. The molecule has 130 valence electrons. The van der Waals surface area contributed by atoms with Crippen LogP contribution in [0.4, 0.5) is 4.79 Å². The Bertz CT molecular complexity index is 367. The highest BCUT2D eigenvalue weighted by Crippen LogP contribution is 2.34. The van der Waals surface area contributed by atoms with Gasteiger partial charge in [0.2, 0.25) is 0 Å². The number of hydrogen-bond acceptors (Lipinski definition) is 6. The lowest BCUT2D eigenvalue weighted by molar-refractivity contribution is -0.138. The third-order valence-corrected chi connectivity index (χ3v) is 3.63. The molecule has 7 nitrogen and oxygen atoms in total. The van der Waals surface area contributed by atoms with Gasteiger partial charge in [-0.05, 0) is 25.9 Å². The van der Waals surface area contributed by atoms with Crippen LogP contribution in [0.25, 0.3) is 0 Å². The number of rotatable bonds is 11. The molecule has 0 aromatic carbocycles. The maximum atomic E-state index is 11.3. The minimum Gasteiger partial charge on any atom is -0.460 e. The molecule has 0 unspecified atom stereocenters. The quantitative estimate of drug-likeness (QED) is 0.339. The summed E-state index contributed by atoms with van der Waals surface area (Å²) in [6, 6.07) is 0. The predicted molar refractivity (Wildman–Crippen MR) is 87.5 cm³/mol. The summed E-state index contributed by atoms with van der Waals surface area (Å²) in [7, 11) is -1.47. The average Bonchev–Trinajstić information content (AvgIpc) is 2.40. The topological polar surface area (TPSA) is 94.1 Å². The Labute approximate surface area is 133 Å². The van der Waals surface area contributed by atoms with E-state index in [-0.39, 0.29) is 19.8 Å². The lowest BCUT2D eigenvalue weighted by Crippen LogP contribution is -2.29. The van der Waals surface area contributed by atoms with E-state index in [0.29, 0.717) is 18.8 Å². The second-order valence-corrected chi connectivity index (χ2v) is 8.50. The first kappa shape index (κ1) is 20.8. The third-order valence-electron chi connectivity index (χ3n) is 2.35. The van der Waals surface area contributed by atoms with Crippen LogP contribution in [0, 0.1) is 0 Å². The molecule has 0 aromatic heterocycles. The van der Waals surface area contributed by atoms with Gasteiger partial charge in [0, 0.05) is 17.9 Å². The van der Waals surface area contributed by atoms with Crippen molar-refractivity contribution in [2.75, 3.05) is 51.2 Å². The Kier molecular flexibility index (Phi) is 10.7. The highest BCUT2D eigenvalue weighted by molar-refractivity contribution is 8.28. The molecule has 22 heavy (non-hydrogen) atoms. The molecule has 0 rings (SSSR count). The van der Waals surface area contributed by atoms with Crippen LogP contribution in [0.2, 0.25) is 0 Å². The molecule has 0 saturated carbocycles. The van der Waals surface area contributed by atoms with Crippen LogP contribution in [-0.4, -0.2) is 67.9 Å². The molecule has 0 spiro atoms. The molecule has 0 atom stereocenters. The normalized spacial score (nSPS) is 11.6. The smallest absolute Gasteiger partial charge is 0.407 e. The fraction of sp³-hybridized carbons (Fsp3) is 0.714. The highest BCUT2D eigenvalue weighted by Gasteiger charge is 2.06. The second-order valence-electron chi connectivity index (χ2n) is 5.13. The molecule has 0 fully saturated rings. The first-order valence-electron chi connectivity index (χ1n) is 6.97. The van der Waals surface area contributed by atoms with Crippen molar-refractivity contribution < 1.29 is 28.4 Å². The van der Waals surface area contributed by atoms with Crippen LogP contribution in [-0.2, 0) is 19.0 Å². The van der Waals surface area contributed by atoms with Gasteiger partial charge in [0.25, 0.3) is 0 Å². The summed E-state index contributed by atoms with van der Waals surface area (Å²) in [5.74, 6) is 0.244. The van der Waals surface area contributed by atoms with Gasteiger partial charge in [-0.3, -0.25) is 0 Å². The molecular formula is C14H27NO6S. The largest absolute Gasteiger partial charge is 0.460 e. The highest BCUT2D eigenvalue weighted by atomic mass is 32.3. The molecular weight excluding hydrogens is 310 g/mol. The van der Waals surface area contributed by atoms with E-state index in [4.69, 9.17) is 14.2 Å². The van der Waals surface area contributed by atoms with Gasteiger partial charge < -0.3 is 24.1 Å². The number of carbonyl (C=O) groups is 2. The third kappa shape index (κ3) is 13.7. The lowest BCUT2D eigenvalue weighted by Gasteiger charge is -2.22. The summed E-state index contributed by atoms with van der Waals surface area (Å²) >= 11 is 0. The van der Waals surface area contributed by atoms with E-state index < -0.39 is 22.4 Å². The van der Waals surface area contributed by atoms with Gasteiger partial charge in [-0.25, -0.2) is 9.59 Å². The molecule has 2 N–H and O–H groups in total. The summed E-state index contributed by atoms with van der Waals surface area (Å²) in [5, 5.41) is 2.45. The molecule has 0 radical (unpaired) electrons. The zero-order valence-electron chi connectivity index (χ0n) is 13.6. The minimum atomic E-state index is -1.47. The standard InChI is InChI=1S/C14H27NO6S/c1-12(2)13(16)20-8-6-15-14(17)21-10-9-19-7-5-11-22(3,4)18/h18H,1,5-11H2,2-4H3,(H,15,17). The van der Waals surface area contributed by atoms with Gasteiger partial charge in [0.1, 0.15) is 13.2 Å². The van der Waals surface area contributed by atoms with E-state index in [0.717, 1.165) is 12.2 Å². The summed E-state index contributed by atoms with van der Waals surface area (Å²) < 4.78 is 24.5. The van der Waals surface area contributed by atoms with Gasteiger partial charge in [-0.15, -0.1) is 10.3 Å². The van der Waals surface area contributed by atoms with Crippen LogP contribution in [0.15, 0.2) is 12.2 Å². The summed E-state index contributed by atoms with van der Waals surface area (Å²) in [4.78, 5) is 22.3. The molecule has 1 amide bonds. The molecule has 0 aliphatic carbocycles. The van der Waals surface area contributed by atoms with Crippen molar-refractivity contribution in [3.63, 3.8) is 0 Å². The van der Waals surface area contributed by atoms with Crippen LogP contribution in [0.3, 0.4) is 0 Å². The second kappa shape index (κ2) is 11.3. The van der Waals surface area contributed by atoms with Gasteiger partial charge in [0.05, 0.1) is 13.2 Å². The van der Waals surface area contributed by atoms with Crippen LogP contribution < -0.4 is 5.32 Å². The Hall–Kier alpha value is -1.25. The molecule has 0 aliphatic rings. The summed E-state index contributed by atoms with van der Waals surface area (Å²) in [5.41, 5.74) is 0.311. The van der Waals surface area contributed by atoms with Crippen molar-refractivity contribution in [1.82, 2.24) is 5.32 Å². The Morgan fingerprint density at radius 1 is 1.14 bits per heavy atom. The Morgan fingerprint density at radius 2 is 1.82 bits per heavy atom. The zero-order chi connectivity index (χ0) is 17.0. The first-order chi connectivity index (χ1) is 10.2. The van der Waals surface area contributed by atoms with Gasteiger partial charge in [-0.1, -0.05) is 6.58 Å².